The van der Waals surface area contributed by atoms with Crippen molar-refractivity contribution >= 4 is 18.2 Å². The fourth-order valence-corrected chi connectivity index (χ4v) is 3.58. The molecule has 27 heavy (non-hydrogen) atoms. The largest absolute Gasteiger partial charge is 0.486 e. The second kappa shape index (κ2) is 11.1. The number of fused-ring (bicyclic) bond motifs is 1. The Balaban J connectivity index is 0.00000261. The van der Waals surface area contributed by atoms with Crippen LogP contribution in [0.3, 0.4) is 0 Å². The van der Waals surface area contributed by atoms with E-state index in [1.165, 1.54) is 29.5 Å². The first-order chi connectivity index (χ1) is 12.7. The minimum atomic E-state index is 0. The van der Waals surface area contributed by atoms with Crippen molar-refractivity contribution in [2.75, 3.05) is 6.61 Å². The third-order valence-corrected chi connectivity index (χ3v) is 5.01. The number of carbonyl (C=O) groups is 1. The average Bonchev–Trinajstić information content (AvgIpc) is 2.87. The number of aryl methyl sites for hydroxylation is 1. The van der Waals surface area contributed by atoms with E-state index in [1.54, 1.807) is 0 Å². The van der Waals surface area contributed by atoms with Gasteiger partial charge in [-0.3, -0.25) is 4.79 Å². The second-order valence-corrected chi connectivity index (χ2v) is 7.17. The molecule has 0 saturated heterocycles. The zero-order valence-corrected chi connectivity index (χ0v) is 16.9. The summed E-state index contributed by atoms with van der Waals surface area (Å²) in [7, 11) is 0. The Morgan fingerprint density at radius 2 is 1.96 bits per heavy atom. The van der Waals surface area contributed by atoms with Gasteiger partial charge in [-0.2, -0.15) is 0 Å². The lowest BCUT2D eigenvalue weighted by atomic mass is 10.0. The van der Waals surface area contributed by atoms with Gasteiger partial charge in [0, 0.05) is 19.0 Å². The van der Waals surface area contributed by atoms with Crippen molar-refractivity contribution in [1.82, 2.24) is 5.32 Å². The van der Waals surface area contributed by atoms with E-state index in [0.29, 0.717) is 12.5 Å². The maximum absolute atomic E-state index is 11.7. The van der Waals surface area contributed by atoms with Crippen molar-refractivity contribution < 1.29 is 9.53 Å². The number of Topliss-reactive ketones (excluding diaryl/α,β-unsaturated/α-hetero) is 1. The SMILES string of the molecule is CCCC(=O)COc1ccc2c(c1)CC(NCc1ccccc1)CCC2.Cl. The summed E-state index contributed by atoms with van der Waals surface area (Å²) >= 11 is 0. The number of halogens is 1. The van der Waals surface area contributed by atoms with E-state index < -0.39 is 0 Å². The minimum absolute atomic E-state index is 0. The van der Waals surface area contributed by atoms with Crippen molar-refractivity contribution in [3.05, 3.63) is 65.2 Å². The Morgan fingerprint density at radius 3 is 2.74 bits per heavy atom. The monoisotopic (exact) mass is 387 g/mol. The van der Waals surface area contributed by atoms with Crippen LogP contribution in [0.25, 0.3) is 0 Å². The molecule has 1 aliphatic rings. The van der Waals surface area contributed by atoms with Crippen LogP contribution >= 0.6 is 12.4 Å². The summed E-state index contributed by atoms with van der Waals surface area (Å²) in [5, 5.41) is 3.71. The van der Waals surface area contributed by atoms with E-state index in [0.717, 1.165) is 31.6 Å². The Hall–Kier alpha value is -1.84. The van der Waals surface area contributed by atoms with Gasteiger partial charge in [0.15, 0.2) is 5.78 Å². The molecule has 4 heteroatoms. The van der Waals surface area contributed by atoms with Gasteiger partial charge in [-0.25, -0.2) is 0 Å². The summed E-state index contributed by atoms with van der Waals surface area (Å²) < 4.78 is 5.72. The van der Waals surface area contributed by atoms with Crippen LogP contribution in [0.4, 0.5) is 0 Å². The number of hydrogen-bond donors (Lipinski definition) is 1. The van der Waals surface area contributed by atoms with Crippen molar-refractivity contribution in [3.63, 3.8) is 0 Å². The first kappa shape index (κ1) is 21.5. The summed E-state index contributed by atoms with van der Waals surface area (Å²) in [6.07, 6.45) is 6.00. The zero-order valence-electron chi connectivity index (χ0n) is 16.1. The summed E-state index contributed by atoms with van der Waals surface area (Å²) in [6.45, 7) is 3.10. The predicted octanol–water partition coefficient (Wildman–Crippen LogP) is 4.89. The van der Waals surface area contributed by atoms with Crippen LogP contribution in [-0.2, 0) is 24.2 Å². The van der Waals surface area contributed by atoms with Gasteiger partial charge in [0.25, 0.3) is 0 Å². The van der Waals surface area contributed by atoms with Gasteiger partial charge in [0.1, 0.15) is 12.4 Å². The molecule has 0 aliphatic heterocycles. The van der Waals surface area contributed by atoms with Crippen LogP contribution in [0, 0.1) is 0 Å². The lowest BCUT2D eigenvalue weighted by Crippen LogP contribution is -2.30. The van der Waals surface area contributed by atoms with Gasteiger partial charge >= 0.3 is 0 Å². The van der Waals surface area contributed by atoms with Crippen LogP contribution in [0.1, 0.15) is 49.3 Å². The third-order valence-electron chi connectivity index (χ3n) is 5.01. The van der Waals surface area contributed by atoms with E-state index in [4.69, 9.17) is 4.74 Å². The molecule has 0 heterocycles. The summed E-state index contributed by atoms with van der Waals surface area (Å²) in [5.41, 5.74) is 4.10. The fourth-order valence-electron chi connectivity index (χ4n) is 3.58. The van der Waals surface area contributed by atoms with E-state index >= 15 is 0 Å². The lowest BCUT2D eigenvalue weighted by molar-refractivity contribution is -0.121. The molecule has 0 radical (unpaired) electrons. The second-order valence-electron chi connectivity index (χ2n) is 7.17. The molecule has 2 aromatic carbocycles. The summed E-state index contributed by atoms with van der Waals surface area (Å²) in [6, 6.07) is 17.4. The molecule has 1 unspecified atom stereocenters. The van der Waals surface area contributed by atoms with Crippen LogP contribution in [-0.4, -0.2) is 18.4 Å². The summed E-state index contributed by atoms with van der Waals surface area (Å²) in [4.78, 5) is 11.7. The van der Waals surface area contributed by atoms with Crippen LogP contribution in [0.15, 0.2) is 48.5 Å². The zero-order chi connectivity index (χ0) is 18.2. The highest BCUT2D eigenvalue weighted by Gasteiger charge is 2.17. The molecular weight excluding hydrogens is 358 g/mol. The third kappa shape index (κ3) is 6.67. The Kier molecular flexibility index (Phi) is 8.83. The molecule has 3 rings (SSSR count). The molecule has 0 aromatic heterocycles. The maximum Gasteiger partial charge on any atom is 0.170 e. The van der Waals surface area contributed by atoms with Crippen LogP contribution < -0.4 is 10.1 Å². The molecule has 0 fully saturated rings. The van der Waals surface area contributed by atoms with Crippen molar-refractivity contribution in [2.45, 2.75) is 58.0 Å². The van der Waals surface area contributed by atoms with E-state index in [-0.39, 0.29) is 24.8 Å². The van der Waals surface area contributed by atoms with Crippen molar-refractivity contribution in [1.29, 1.82) is 0 Å². The molecule has 1 atom stereocenters. The van der Waals surface area contributed by atoms with Gasteiger partial charge in [-0.1, -0.05) is 43.3 Å². The van der Waals surface area contributed by atoms with Crippen molar-refractivity contribution in [3.8, 4) is 5.75 Å². The number of carbonyl (C=O) groups excluding carboxylic acids is 1. The minimum Gasteiger partial charge on any atom is -0.486 e. The number of hydrogen-bond acceptors (Lipinski definition) is 3. The van der Waals surface area contributed by atoms with Gasteiger partial charge in [0.2, 0.25) is 0 Å². The average molecular weight is 388 g/mol. The predicted molar refractivity (Wildman–Crippen MR) is 113 cm³/mol. The van der Waals surface area contributed by atoms with Gasteiger partial charge < -0.3 is 10.1 Å². The highest BCUT2D eigenvalue weighted by Crippen LogP contribution is 2.25. The molecule has 2 aromatic rings. The molecule has 0 spiro atoms. The van der Waals surface area contributed by atoms with E-state index in [9.17, 15) is 4.79 Å². The highest BCUT2D eigenvalue weighted by molar-refractivity contribution is 5.85. The van der Waals surface area contributed by atoms with Crippen LogP contribution in [0.2, 0.25) is 0 Å². The van der Waals surface area contributed by atoms with Gasteiger partial charge in [-0.05, 0) is 60.9 Å². The Bertz CT molecular complexity index is 718. The number of ether oxygens (including phenoxy) is 1. The van der Waals surface area contributed by atoms with Crippen molar-refractivity contribution in [2.24, 2.45) is 0 Å². The Morgan fingerprint density at radius 1 is 1.15 bits per heavy atom. The first-order valence-electron chi connectivity index (χ1n) is 9.78. The van der Waals surface area contributed by atoms with Crippen LogP contribution in [0.5, 0.6) is 5.75 Å². The number of ketones is 1. The topological polar surface area (TPSA) is 38.3 Å². The van der Waals surface area contributed by atoms with E-state index in [1.807, 2.05) is 13.0 Å². The molecule has 3 nitrogen and oxygen atoms in total. The van der Waals surface area contributed by atoms with E-state index in [2.05, 4.69) is 47.8 Å². The standard InChI is InChI=1S/C23H29NO2.ClH/c1-2-7-22(25)17-26-23-13-12-19-10-6-11-21(14-20(19)15-23)24-16-18-8-4-3-5-9-18;/h3-5,8-9,12-13,15,21,24H,2,6-7,10-11,14,16-17H2,1H3;1H. The highest BCUT2D eigenvalue weighted by atomic mass is 35.5. The molecule has 146 valence electrons. The Labute approximate surface area is 168 Å². The molecule has 0 amide bonds. The first-order valence-corrected chi connectivity index (χ1v) is 9.78. The number of benzene rings is 2. The van der Waals surface area contributed by atoms with Gasteiger partial charge in [0.05, 0.1) is 0 Å². The number of rotatable bonds is 8. The quantitative estimate of drug-likeness (QED) is 0.655. The maximum atomic E-state index is 11.7. The molecular formula is C23H30ClNO2. The molecule has 1 aliphatic carbocycles. The number of nitrogens with one attached hydrogen (secondary N) is 1. The smallest absolute Gasteiger partial charge is 0.170 e. The lowest BCUT2D eigenvalue weighted by Gasteiger charge is -2.17. The fraction of sp³-hybridized carbons (Fsp3) is 0.435. The summed E-state index contributed by atoms with van der Waals surface area (Å²) in [5.74, 6) is 0.988. The molecule has 0 saturated carbocycles. The molecule has 0 bridgehead atoms. The normalized spacial score (nSPS) is 16.0. The van der Waals surface area contributed by atoms with Gasteiger partial charge in [-0.15, -0.1) is 12.4 Å². The molecule has 1 N–H and O–H groups in total.